The summed E-state index contributed by atoms with van der Waals surface area (Å²) in [5.74, 6) is 0.471. The summed E-state index contributed by atoms with van der Waals surface area (Å²) in [4.78, 5) is 24.7. The highest BCUT2D eigenvalue weighted by Gasteiger charge is 2.10. The van der Waals surface area contributed by atoms with Crippen molar-refractivity contribution in [3.63, 3.8) is 0 Å². The molecule has 2 aromatic rings. The molecule has 0 saturated heterocycles. The van der Waals surface area contributed by atoms with Crippen LogP contribution in [-0.4, -0.2) is 38.2 Å². The number of fused-ring (bicyclic) bond motifs is 1. The fourth-order valence-corrected chi connectivity index (χ4v) is 3.17. The number of benzene rings is 1. The van der Waals surface area contributed by atoms with Crippen molar-refractivity contribution < 1.29 is 23.8 Å². The molecule has 2 heterocycles. The molecule has 0 atom stereocenters. The maximum atomic E-state index is 11.8. The number of amides is 1. The molecule has 1 aliphatic heterocycles. The van der Waals surface area contributed by atoms with Crippen molar-refractivity contribution in [3.05, 3.63) is 52.2 Å². The van der Waals surface area contributed by atoms with E-state index < -0.39 is 5.97 Å². The van der Waals surface area contributed by atoms with Gasteiger partial charge in [0.1, 0.15) is 0 Å². The quantitative estimate of drug-likeness (QED) is 0.584. The first kappa shape index (κ1) is 19.0. The first-order valence-electron chi connectivity index (χ1n) is 8.74. The van der Waals surface area contributed by atoms with Gasteiger partial charge in [0.2, 0.25) is 0 Å². The predicted molar refractivity (Wildman–Crippen MR) is 103 cm³/mol. The van der Waals surface area contributed by atoms with E-state index in [1.54, 1.807) is 17.4 Å². The lowest BCUT2D eigenvalue weighted by atomic mass is 10.2. The Morgan fingerprint density at radius 1 is 1.19 bits per heavy atom. The third-order valence-electron chi connectivity index (χ3n) is 3.80. The molecule has 0 bridgehead atoms. The maximum absolute atomic E-state index is 11.8. The first-order valence-corrected chi connectivity index (χ1v) is 9.62. The molecule has 0 spiro atoms. The molecule has 3 rings (SSSR count). The number of nitrogens with one attached hydrogen (secondary N) is 1. The fourth-order valence-electron chi connectivity index (χ4n) is 2.46. The Bertz CT molecular complexity index is 801. The van der Waals surface area contributed by atoms with E-state index >= 15 is 0 Å². The Morgan fingerprint density at radius 2 is 2.04 bits per heavy atom. The molecule has 1 N–H and O–H groups in total. The van der Waals surface area contributed by atoms with Crippen molar-refractivity contribution in [2.45, 2.75) is 12.8 Å². The van der Waals surface area contributed by atoms with Crippen LogP contribution in [0.3, 0.4) is 0 Å². The molecule has 1 aromatic carbocycles. The molecule has 0 aliphatic carbocycles. The van der Waals surface area contributed by atoms with Crippen LogP contribution in [0.2, 0.25) is 0 Å². The normalized spacial score (nSPS) is 13.2. The summed E-state index contributed by atoms with van der Waals surface area (Å²) in [6, 6.07) is 9.43. The molecular formula is C20H21NO5S. The Labute approximate surface area is 161 Å². The highest BCUT2D eigenvalue weighted by Crippen LogP contribution is 2.30. The van der Waals surface area contributed by atoms with Gasteiger partial charge >= 0.3 is 5.97 Å². The second-order valence-corrected chi connectivity index (χ2v) is 6.91. The SMILES string of the molecule is O=C(COC(=O)/C=C/c1ccc2c(c1)OCCCO2)NCCc1cccs1. The summed E-state index contributed by atoms with van der Waals surface area (Å²) in [6.45, 7) is 1.45. The number of thiophene rings is 1. The van der Waals surface area contributed by atoms with Crippen LogP contribution in [0.4, 0.5) is 0 Å². The largest absolute Gasteiger partial charge is 0.490 e. The van der Waals surface area contributed by atoms with Gasteiger partial charge in [-0.15, -0.1) is 11.3 Å². The smallest absolute Gasteiger partial charge is 0.331 e. The third kappa shape index (κ3) is 6.14. The molecule has 0 radical (unpaired) electrons. The summed E-state index contributed by atoms with van der Waals surface area (Å²) in [5, 5.41) is 4.72. The lowest BCUT2D eigenvalue weighted by Gasteiger charge is -2.07. The molecule has 142 valence electrons. The van der Waals surface area contributed by atoms with E-state index in [-0.39, 0.29) is 12.5 Å². The van der Waals surface area contributed by atoms with Crippen molar-refractivity contribution >= 4 is 29.3 Å². The van der Waals surface area contributed by atoms with Crippen LogP contribution in [0.15, 0.2) is 41.8 Å². The van der Waals surface area contributed by atoms with Gasteiger partial charge in [0.25, 0.3) is 5.91 Å². The van der Waals surface area contributed by atoms with Crippen LogP contribution in [-0.2, 0) is 20.7 Å². The van der Waals surface area contributed by atoms with Crippen molar-refractivity contribution in [2.24, 2.45) is 0 Å². The predicted octanol–water partition coefficient (Wildman–Crippen LogP) is 2.82. The monoisotopic (exact) mass is 387 g/mol. The van der Waals surface area contributed by atoms with E-state index in [1.165, 1.54) is 11.0 Å². The summed E-state index contributed by atoms with van der Waals surface area (Å²) < 4.78 is 16.1. The average Bonchev–Trinajstić information content (AvgIpc) is 3.08. The van der Waals surface area contributed by atoms with Gasteiger partial charge in [-0.2, -0.15) is 0 Å². The molecule has 6 nitrogen and oxygen atoms in total. The highest BCUT2D eigenvalue weighted by molar-refractivity contribution is 7.09. The van der Waals surface area contributed by atoms with E-state index in [9.17, 15) is 9.59 Å². The molecule has 7 heteroatoms. The minimum atomic E-state index is -0.574. The Balaban J connectivity index is 1.40. The second kappa shape index (κ2) is 9.78. The molecule has 1 aromatic heterocycles. The number of hydrogen-bond donors (Lipinski definition) is 1. The van der Waals surface area contributed by atoms with Gasteiger partial charge < -0.3 is 19.5 Å². The van der Waals surface area contributed by atoms with Crippen molar-refractivity contribution in [1.29, 1.82) is 0 Å². The lowest BCUT2D eigenvalue weighted by Crippen LogP contribution is -2.30. The van der Waals surface area contributed by atoms with E-state index in [0.29, 0.717) is 31.3 Å². The molecule has 0 saturated carbocycles. The number of carbonyl (C=O) groups is 2. The number of ether oxygens (including phenoxy) is 3. The minimum Gasteiger partial charge on any atom is -0.490 e. The zero-order chi connectivity index (χ0) is 18.9. The summed E-state index contributed by atoms with van der Waals surface area (Å²) in [7, 11) is 0. The second-order valence-electron chi connectivity index (χ2n) is 5.88. The summed E-state index contributed by atoms with van der Waals surface area (Å²) >= 11 is 1.64. The Hall–Kier alpha value is -2.80. The summed E-state index contributed by atoms with van der Waals surface area (Å²) in [5.41, 5.74) is 0.789. The third-order valence-corrected chi connectivity index (χ3v) is 4.74. The van der Waals surface area contributed by atoms with Crippen LogP contribution in [0.25, 0.3) is 6.08 Å². The van der Waals surface area contributed by atoms with Gasteiger partial charge in [0.15, 0.2) is 18.1 Å². The molecule has 1 amide bonds. The maximum Gasteiger partial charge on any atom is 0.331 e. The van der Waals surface area contributed by atoms with E-state index in [4.69, 9.17) is 14.2 Å². The molecular weight excluding hydrogens is 366 g/mol. The molecule has 0 unspecified atom stereocenters. The number of esters is 1. The van der Waals surface area contributed by atoms with Gasteiger partial charge in [-0.3, -0.25) is 4.79 Å². The summed E-state index contributed by atoms with van der Waals surface area (Å²) in [6.07, 6.45) is 4.51. The van der Waals surface area contributed by atoms with E-state index in [2.05, 4.69) is 5.32 Å². The van der Waals surface area contributed by atoms with Gasteiger partial charge in [-0.1, -0.05) is 12.1 Å². The highest BCUT2D eigenvalue weighted by atomic mass is 32.1. The number of rotatable bonds is 7. The zero-order valence-electron chi connectivity index (χ0n) is 14.8. The lowest BCUT2D eigenvalue weighted by molar-refractivity contribution is -0.143. The van der Waals surface area contributed by atoms with Gasteiger partial charge in [0, 0.05) is 23.9 Å². The van der Waals surface area contributed by atoms with E-state index in [0.717, 1.165) is 18.4 Å². The zero-order valence-corrected chi connectivity index (χ0v) is 15.6. The van der Waals surface area contributed by atoms with E-state index in [1.807, 2.05) is 35.7 Å². The molecule has 27 heavy (non-hydrogen) atoms. The van der Waals surface area contributed by atoms with Crippen LogP contribution >= 0.6 is 11.3 Å². The topological polar surface area (TPSA) is 73.9 Å². The standard InChI is InChI=1S/C20H21NO5S/c22-19(21-9-8-16-3-1-12-27-16)14-26-20(23)7-5-15-4-6-17-18(13-15)25-11-2-10-24-17/h1,3-7,12-13H,2,8-11,14H2,(H,21,22)/b7-5+. The van der Waals surface area contributed by atoms with Crippen molar-refractivity contribution in [2.75, 3.05) is 26.4 Å². The van der Waals surface area contributed by atoms with Crippen LogP contribution in [0.5, 0.6) is 11.5 Å². The fraction of sp³-hybridized carbons (Fsp3) is 0.300. The van der Waals surface area contributed by atoms with Crippen molar-refractivity contribution in [1.82, 2.24) is 5.32 Å². The van der Waals surface area contributed by atoms with Crippen LogP contribution in [0, 0.1) is 0 Å². The number of carbonyl (C=O) groups excluding carboxylic acids is 2. The van der Waals surface area contributed by atoms with Crippen LogP contribution in [0.1, 0.15) is 16.9 Å². The van der Waals surface area contributed by atoms with Gasteiger partial charge in [-0.05, 0) is 41.6 Å². The van der Waals surface area contributed by atoms with Crippen molar-refractivity contribution in [3.8, 4) is 11.5 Å². The van der Waals surface area contributed by atoms with Gasteiger partial charge in [0.05, 0.1) is 13.2 Å². The number of hydrogen-bond acceptors (Lipinski definition) is 6. The average molecular weight is 387 g/mol. The minimum absolute atomic E-state index is 0.297. The Kier molecular flexibility index (Phi) is 6.87. The Morgan fingerprint density at radius 3 is 2.85 bits per heavy atom. The van der Waals surface area contributed by atoms with Gasteiger partial charge in [-0.25, -0.2) is 4.79 Å². The molecule has 0 fully saturated rings. The molecule has 1 aliphatic rings. The van der Waals surface area contributed by atoms with Crippen LogP contribution < -0.4 is 14.8 Å². The first-order chi connectivity index (χ1) is 13.2.